The van der Waals surface area contributed by atoms with E-state index in [1.54, 1.807) is 12.1 Å². The van der Waals surface area contributed by atoms with Crippen molar-refractivity contribution in [2.75, 3.05) is 13.2 Å². The minimum Gasteiger partial charge on any atom is -0.462 e. The lowest BCUT2D eigenvalue weighted by Gasteiger charge is -2.11. The van der Waals surface area contributed by atoms with Crippen molar-refractivity contribution in [1.82, 2.24) is 5.32 Å². The van der Waals surface area contributed by atoms with Crippen LogP contribution >= 0.6 is 0 Å². The van der Waals surface area contributed by atoms with Gasteiger partial charge >= 0.3 is 12.1 Å². The smallest absolute Gasteiger partial charge is 0.407 e. The number of alkyl carbamates (subject to hydrolysis) is 1. The number of amides is 1. The number of nitrogens with one attached hydrogen (secondary N) is 1. The van der Waals surface area contributed by atoms with Gasteiger partial charge in [-0.25, -0.2) is 18.4 Å². The number of rotatable bonds is 7. The van der Waals surface area contributed by atoms with E-state index in [2.05, 4.69) is 5.32 Å². The highest BCUT2D eigenvalue weighted by molar-refractivity contribution is 6.16. The van der Waals surface area contributed by atoms with Crippen molar-refractivity contribution in [2.24, 2.45) is 11.8 Å². The first-order valence-electron chi connectivity index (χ1n) is 11.3. The van der Waals surface area contributed by atoms with Crippen LogP contribution in [0.2, 0.25) is 0 Å². The second-order valence-corrected chi connectivity index (χ2v) is 8.62. The maximum absolute atomic E-state index is 14.3. The van der Waals surface area contributed by atoms with Crippen LogP contribution < -0.4 is 5.32 Å². The Morgan fingerprint density at radius 1 is 0.800 bits per heavy atom. The molecule has 0 radical (unpaired) electrons. The largest absolute Gasteiger partial charge is 0.462 e. The van der Waals surface area contributed by atoms with Gasteiger partial charge in [0.1, 0.15) is 13.2 Å². The lowest BCUT2D eigenvalue weighted by molar-refractivity contribution is 0.0365. The number of hydrogen-bond donors (Lipinski definition) is 1. The Hall–Kier alpha value is -4.00. The molecular formula is C28H23F2NO4. The van der Waals surface area contributed by atoms with Crippen LogP contribution in [-0.2, 0) is 16.1 Å². The van der Waals surface area contributed by atoms with Crippen molar-refractivity contribution in [3.8, 4) is 0 Å². The Morgan fingerprint density at radius 2 is 1.40 bits per heavy atom. The molecular weight excluding hydrogens is 452 g/mol. The zero-order chi connectivity index (χ0) is 24.4. The maximum atomic E-state index is 14.3. The van der Waals surface area contributed by atoms with E-state index in [1.165, 1.54) is 0 Å². The molecule has 1 aliphatic carbocycles. The molecule has 1 fully saturated rings. The first kappa shape index (κ1) is 22.8. The van der Waals surface area contributed by atoms with Crippen LogP contribution in [0.15, 0.2) is 84.9 Å². The first-order valence-corrected chi connectivity index (χ1v) is 11.3. The zero-order valence-corrected chi connectivity index (χ0v) is 18.7. The van der Waals surface area contributed by atoms with E-state index in [0.717, 1.165) is 16.3 Å². The number of carbonyl (C=O) groups is 2. The van der Waals surface area contributed by atoms with Gasteiger partial charge in [-0.1, -0.05) is 78.9 Å². The molecule has 0 heterocycles. The average Bonchev–Trinajstić information content (AvgIpc) is 3.41. The van der Waals surface area contributed by atoms with Crippen LogP contribution in [0.4, 0.5) is 13.6 Å². The highest BCUT2D eigenvalue weighted by Crippen LogP contribution is 2.55. The highest BCUT2D eigenvalue weighted by atomic mass is 19.3. The molecule has 178 valence electrons. The molecule has 2 atom stereocenters. The monoisotopic (exact) mass is 475 g/mol. The third-order valence-corrected chi connectivity index (χ3v) is 6.41. The number of alkyl halides is 2. The molecule has 5 rings (SSSR count). The van der Waals surface area contributed by atoms with Gasteiger partial charge in [0.2, 0.25) is 0 Å². The molecule has 0 saturated heterocycles. The number of hydrogen-bond acceptors (Lipinski definition) is 4. The Labute approximate surface area is 200 Å². The summed E-state index contributed by atoms with van der Waals surface area (Å²) in [4.78, 5) is 25.0. The summed E-state index contributed by atoms with van der Waals surface area (Å²) in [6, 6.07) is 25.9. The Bertz CT molecular complexity index is 1340. The number of benzene rings is 4. The lowest BCUT2D eigenvalue weighted by atomic mass is 9.97. The average molecular weight is 475 g/mol. The third-order valence-electron chi connectivity index (χ3n) is 6.41. The molecule has 1 aliphatic rings. The van der Waals surface area contributed by atoms with Crippen LogP contribution in [-0.4, -0.2) is 31.1 Å². The molecule has 7 heteroatoms. The van der Waals surface area contributed by atoms with Gasteiger partial charge in [-0.2, -0.15) is 0 Å². The third kappa shape index (κ3) is 4.67. The maximum Gasteiger partial charge on any atom is 0.407 e. The molecule has 0 unspecified atom stereocenters. The van der Waals surface area contributed by atoms with Crippen LogP contribution in [0.1, 0.15) is 15.9 Å². The number of esters is 1. The molecule has 4 aromatic rings. The molecule has 35 heavy (non-hydrogen) atoms. The standard InChI is InChI=1S/C28H23F2NO4/c29-28(30)23(15-31-27(33)35-16-18-8-2-1-3-9-18)24(28)17-34-26(32)25-21-12-6-4-10-19(21)14-20-11-5-7-13-22(20)25/h1-14,23-24H,15-17H2,(H,31,33)/t23-,24-/m0/s1. The van der Waals surface area contributed by atoms with Gasteiger partial charge in [-0.05, 0) is 33.2 Å². The number of ether oxygens (including phenoxy) is 2. The predicted octanol–water partition coefficient (Wildman–Crippen LogP) is 5.96. The van der Waals surface area contributed by atoms with Crippen molar-refractivity contribution in [3.63, 3.8) is 0 Å². The quantitative estimate of drug-likeness (QED) is 0.265. The Kier molecular flexibility index (Phi) is 6.07. The number of halogens is 2. The van der Waals surface area contributed by atoms with Crippen molar-refractivity contribution in [1.29, 1.82) is 0 Å². The molecule has 0 aliphatic heterocycles. The zero-order valence-electron chi connectivity index (χ0n) is 18.7. The number of carbonyl (C=O) groups excluding carboxylic acids is 2. The predicted molar refractivity (Wildman–Crippen MR) is 128 cm³/mol. The summed E-state index contributed by atoms with van der Waals surface area (Å²) in [5.41, 5.74) is 1.16. The molecule has 1 N–H and O–H groups in total. The summed E-state index contributed by atoms with van der Waals surface area (Å²) in [5, 5.41) is 5.53. The van der Waals surface area contributed by atoms with Crippen molar-refractivity contribution >= 4 is 33.6 Å². The van der Waals surface area contributed by atoms with E-state index in [4.69, 9.17) is 9.47 Å². The van der Waals surface area contributed by atoms with Gasteiger partial charge in [0.25, 0.3) is 5.92 Å². The van der Waals surface area contributed by atoms with E-state index in [1.807, 2.05) is 72.8 Å². The van der Waals surface area contributed by atoms with Gasteiger partial charge in [-0.15, -0.1) is 0 Å². The van der Waals surface area contributed by atoms with Crippen LogP contribution in [0.25, 0.3) is 21.5 Å². The lowest BCUT2D eigenvalue weighted by Crippen LogP contribution is -2.27. The van der Waals surface area contributed by atoms with Gasteiger partial charge in [0.15, 0.2) is 0 Å². The van der Waals surface area contributed by atoms with Crippen molar-refractivity contribution in [2.45, 2.75) is 12.5 Å². The fourth-order valence-corrected chi connectivity index (χ4v) is 4.40. The summed E-state index contributed by atoms with van der Waals surface area (Å²) >= 11 is 0. The SMILES string of the molecule is O=C(NC[C@H]1[C@H](COC(=O)c2c3ccccc3cc3ccccc23)C1(F)F)OCc1ccccc1. The number of fused-ring (bicyclic) bond motifs is 2. The van der Waals surface area contributed by atoms with Crippen molar-refractivity contribution < 1.29 is 27.8 Å². The van der Waals surface area contributed by atoms with E-state index < -0.39 is 36.4 Å². The van der Waals surface area contributed by atoms with E-state index in [9.17, 15) is 18.4 Å². The molecule has 1 amide bonds. The summed E-state index contributed by atoms with van der Waals surface area (Å²) in [7, 11) is 0. The van der Waals surface area contributed by atoms with E-state index >= 15 is 0 Å². The van der Waals surface area contributed by atoms with Gasteiger partial charge in [-0.3, -0.25) is 0 Å². The molecule has 5 nitrogen and oxygen atoms in total. The van der Waals surface area contributed by atoms with E-state index in [-0.39, 0.29) is 13.2 Å². The summed E-state index contributed by atoms with van der Waals surface area (Å²) in [5.74, 6) is -5.96. The summed E-state index contributed by atoms with van der Waals surface area (Å²) in [6.07, 6.45) is -0.769. The summed E-state index contributed by atoms with van der Waals surface area (Å²) < 4.78 is 39.1. The molecule has 0 spiro atoms. The van der Waals surface area contributed by atoms with Crippen molar-refractivity contribution in [3.05, 3.63) is 96.1 Å². The van der Waals surface area contributed by atoms with Crippen LogP contribution in [0.5, 0.6) is 0 Å². The molecule has 1 saturated carbocycles. The second-order valence-electron chi connectivity index (χ2n) is 8.62. The fourth-order valence-electron chi connectivity index (χ4n) is 4.40. The van der Waals surface area contributed by atoms with Gasteiger partial charge in [0, 0.05) is 6.54 Å². The van der Waals surface area contributed by atoms with E-state index in [0.29, 0.717) is 16.3 Å². The van der Waals surface area contributed by atoms with Gasteiger partial charge < -0.3 is 14.8 Å². The minimum absolute atomic E-state index is 0.0494. The first-order chi connectivity index (χ1) is 16.9. The van der Waals surface area contributed by atoms with Crippen LogP contribution in [0, 0.1) is 11.8 Å². The van der Waals surface area contributed by atoms with Crippen LogP contribution in [0.3, 0.4) is 0 Å². The Balaban J connectivity index is 1.21. The molecule has 4 aromatic carbocycles. The highest BCUT2D eigenvalue weighted by Gasteiger charge is 2.68. The fraction of sp³-hybridized carbons (Fsp3) is 0.214. The molecule has 0 aromatic heterocycles. The Morgan fingerprint density at radius 3 is 2.06 bits per heavy atom. The molecule has 0 bridgehead atoms. The van der Waals surface area contributed by atoms with Gasteiger partial charge in [0.05, 0.1) is 17.4 Å². The summed E-state index contributed by atoms with van der Waals surface area (Å²) in [6.45, 7) is -0.650. The normalized spacial score (nSPS) is 18.2. The second kappa shape index (κ2) is 9.33. The minimum atomic E-state index is -3.03. The topological polar surface area (TPSA) is 64.6 Å².